The molecule has 0 unspecified atom stereocenters. The summed E-state index contributed by atoms with van der Waals surface area (Å²) in [6, 6.07) is 9.83. The number of nitrogens with zero attached hydrogens (tertiary/aromatic N) is 4. The van der Waals surface area contributed by atoms with E-state index in [2.05, 4.69) is 36.3 Å². The van der Waals surface area contributed by atoms with Gasteiger partial charge in [-0.1, -0.05) is 39.3 Å². The molecule has 0 aliphatic heterocycles. The van der Waals surface area contributed by atoms with Gasteiger partial charge >= 0.3 is 0 Å². The van der Waals surface area contributed by atoms with Crippen molar-refractivity contribution in [2.24, 2.45) is 0 Å². The molecule has 3 rings (SSSR count). The average molecular weight is 330 g/mol. The van der Waals surface area contributed by atoms with Crippen LogP contribution in [-0.4, -0.2) is 20.3 Å². The smallest absolute Gasteiger partial charge is 0.262 e. The highest BCUT2D eigenvalue weighted by atomic mass is 79.9. The number of rotatable bonds is 3. The molecule has 0 bridgehead atoms. The Balaban J connectivity index is 1.88. The second-order valence-corrected chi connectivity index (χ2v) is 4.91. The molecule has 20 heavy (non-hydrogen) atoms. The van der Waals surface area contributed by atoms with E-state index in [9.17, 15) is 0 Å². The second kappa shape index (κ2) is 5.27. The van der Waals surface area contributed by atoms with Gasteiger partial charge in [0, 0.05) is 10.9 Å². The maximum Gasteiger partial charge on any atom is 0.262 e. The summed E-state index contributed by atoms with van der Waals surface area (Å²) in [5, 5.41) is 19.2. The van der Waals surface area contributed by atoms with Crippen LogP contribution in [0.5, 0.6) is 0 Å². The summed E-state index contributed by atoms with van der Waals surface area (Å²) in [6.45, 7) is 0. The number of H-pyrrole nitrogens is 1. The van der Waals surface area contributed by atoms with Gasteiger partial charge in [-0.05, 0) is 11.6 Å². The minimum absolute atomic E-state index is 0.289. The average Bonchev–Trinajstić information content (AvgIpc) is 3.09. The van der Waals surface area contributed by atoms with Crippen LogP contribution >= 0.6 is 15.9 Å². The zero-order valence-electron chi connectivity index (χ0n) is 10.2. The van der Waals surface area contributed by atoms with E-state index in [4.69, 9.17) is 9.78 Å². The topological polar surface area (TPSA) is 91.4 Å². The van der Waals surface area contributed by atoms with E-state index in [0.29, 0.717) is 23.5 Å². The summed E-state index contributed by atoms with van der Waals surface area (Å²) in [7, 11) is 0. The lowest BCUT2D eigenvalue weighted by Crippen LogP contribution is -1.92. The standard InChI is InChI=1S/C13H8BrN5O/c14-10-4-2-1-3-8(10)5-12-17-13(20-19-12)9-7-16-18-11(9)6-15/h1-4,7H,5H2,(H,16,18). The lowest BCUT2D eigenvalue weighted by atomic mass is 10.1. The Morgan fingerprint density at radius 2 is 2.20 bits per heavy atom. The van der Waals surface area contributed by atoms with Crippen LogP contribution in [0, 0.1) is 11.3 Å². The third kappa shape index (κ3) is 2.33. The van der Waals surface area contributed by atoms with Crippen molar-refractivity contribution in [3.63, 3.8) is 0 Å². The summed E-state index contributed by atoms with van der Waals surface area (Å²) in [4.78, 5) is 4.29. The molecule has 0 radical (unpaired) electrons. The fraction of sp³-hybridized carbons (Fsp3) is 0.0769. The van der Waals surface area contributed by atoms with Crippen molar-refractivity contribution in [3.05, 3.63) is 52.0 Å². The Kier molecular flexibility index (Phi) is 3.31. The van der Waals surface area contributed by atoms with Crippen molar-refractivity contribution in [3.8, 4) is 17.5 Å². The van der Waals surface area contributed by atoms with Crippen LogP contribution in [0.3, 0.4) is 0 Å². The number of aromatic nitrogens is 4. The molecular weight excluding hydrogens is 322 g/mol. The van der Waals surface area contributed by atoms with Crippen LogP contribution in [0.2, 0.25) is 0 Å². The fourth-order valence-electron chi connectivity index (χ4n) is 1.78. The molecule has 7 heteroatoms. The second-order valence-electron chi connectivity index (χ2n) is 4.05. The predicted octanol–water partition coefficient (Wildman–Crippen LogP) is 2.68. The van der Waals surface area contributed by atoms with Crippen LogP contribution in [0.1, 0.15) is 17.1 Å². The third-order valence-electron chi connectivity index (χ3n) is 2.76. The van der Waals surface area contributed by atoms with Gasteiger partial charge in [0.15, 0.2) is 5.82 Å². The molecule has 2 heterocycles. The molecule has 1 aromatic carbocycles. The molecule has 0 spiro atoms. The molecule has 0 saturated heterocycles. The molecule has 0 aliphatic rings. The van der Waals surface area contributed by atoms with E-state index in [1.807, 2.05) is 30.3 Å². The van der Waals surface area contributed by atoms with E-state index < -0.39 is 0 Å². The van der Waals surface area contributed by atoms with Gasteiger partial charge in [-0.15, -0.1) is 0 Å². The van der Waals surface area contributed by atoms with Gasteiger partial charge in [0.1, 0.15) is 11.8 Å². The number of aromatic amines is 1. The van der Waals surface area contributed by atoms with Gasteiger partial charge in [-0.3, -0.25) is 5.10 Å². The molecule has 0 amide bonds. The number of nitriles is 1. The number of benzene rings is 1. The number of hydrogen-bond donors (Lipinski definition) is 1. The van der Waals surface area contributed by atoms with Crippen molar-refractivity contribution in [1.82, 2.24) is 20.3 Å². The molecule has 1 N–H and O–H groups in total. The van der Waals surface area contributed by atoms with Crippen molar-refractivity contribution < 1.29 is 4.52 Å². The quantitative estimate of drug-likeness (QED) is 0.797. The first-order valence-electron chi connectivity index (χ1n) is 5.78. The van der Waals surface area contributed by atoms with Gasteiger partial charge in [-0.2, -0.15) is 15.3 Å². The first-order valence-corrected chi connectivity index (χ1v) is 6.57. The Hall–Kier alpha value is -2.46. The summed E-state index contributed by atoms with van der Waals surface area (Å²) < 4.78 is 6.17. The van der Waals surface area contributed by atoms with E-state index >= 15 is 0 Å². The maximum absolute atomic E-state index is 8.93. The predicted molar refractivity (Wildman–Crippen MR) is 73.5 cm³/mol. The van der Waals surface area contributed by atoms with Gasteiger partial charge < -0.3 is 4.52 Å². The molecule has 98 valence electrons. The van der Waals surface area contributed by atoms with Gasteiger partial charge in [0.05, 0.1) is 11.8 Å². The Labute approximate surface area is 122 Å². The van der Waals surface area contributed by atoms with Crippen LogP contribution in [0.4, 0.5) is 0 Å². The molecule has 0 fully saturated rings. The van der Waals surface area contributed by atoms with Gasteiger partial charge in [-0.25, -0.2) is 0 Å². The Morgan fingerprint density at radius 1 is 1.35 bits per heavy atom. The van der Waals surface area contributed by atoms with Crippen LogP contribution < -0.4 is 0 Å². The monoisotopic (exact) mass is 329 g/mol. The highest BCUT2D eigenvalue weighted by Crippen LogP contribution is 2.22. The lowest BCUT2D eigenvalue weighted by molar-refractivity contribution is 0.424. The van der Waals surface area contributed by atoms with Crippen molar-refractivity contribution in [1.29, 1.82) is 5.26 Å². The van der Waals surface area contributed by atoms with E-state index in [1.54, 1.807) is 0 Å². The molecule has 0 atom stereocenters. The minimum Gasteiger partial charge on any atom is -0.334 e. The largest absolute Gasteiger partial charge is 0.334 e. The summed E-state index contributed by atoms with van der Waals surface area (Å²) >= 11 is 3.48. The van der Waals surface area contributed by atoms with Crippen LogP contribution in [-0.2, 0) is 6.42 Å². The van der Waals surface area contributed by atoms with E-state index in [0.717, 1.165) is 10.0 Å². The molecular formula is C13H8BrN5O. The molecule has 0 saturated carbocycles. The number of nitrogens with one attached hydrogen (secondary N) is 1. The number of halogens is 1. The van der Waals surface area contributed by atoms with E-state index in [-0.39, 0.29) is 5.89 Å². The Bertz CT molecular complexity index is 786. The van der Waals surface area contributed by atoms with Crippen molar-refractivity contribution in [2.75, 3.05) is 0 Å². The van der Waals surface area contributed by atoms with Gasteiger partial charge in [0.25, 0.3) is 5.89 Å². The maximum atomic E-state index is 8.93. The molecule has 6 nitrogen and oxygen atoms in total. The number of hydrogen-bond acceptors (Lipinski definition) is 5. The zero-order valence-corrected chi connectivity index (χ0v) is 11.8. The first kappa shape index (κ1) is 12.6. The Morgan fingerprint density at radius 3 is 3.00 bits per heavy atom. The highest BCUT2D eigenvalue weighted by Gasteiger charge is 2.15. The lowest BCUT2D eigenvalue weighted by Gasteiger charge is -1.99. The molecule has 2 aromatic heterocycles. The van der Waals surface area contributed by atoms with Crippen LogP contribution in [0.15, 0.2) is 39.5 Å². The zero-order chi connectivity index (χ0) is 13.9. The molecule has 0 aliphatic carbocycles. The minimum atomic E-state index is 0.289. The fourth-order valence-corrected chi connectivity index (χ4v) is 2.21. The van der Waals surface area contributed by atoms with Gasteiger partial charge in [0.2, 0.25) is 0 Å². The third-order valence-corrected chi connectivity index (χ3v) is 3.53. The van der Waals surface area contributed by atoms with Crippen molar-refractivity contribution >= 4 is 15.9 Å². The molecule has 3 aromatic rings. The van der Waals surface area contributed by atoms with Crippen molar-refractivity contribution in [2.45, 2.75) is 6.42 Å². The summed E-state index contributed by atoms with van der Waals surface area (Å²) in [5.41, 5.74) is 1.88. The highest BCUT2D eigenvalue weighted by molar-refractivity contribution is 9.10. The summed E-state index contributed by atoms with van der Waals surface area (Å²) in [5.74, 6) is 0.842. The first-order chi connectivity index (χ1) is 9.78. The van der Waals surface area contributed by atoms with Crippen LogP contribution in [0.25, 0.3) is 11.5 Å². The normalized spacial score (nSPS) is 10.4. The summed E-state index contributed by atoms with van der Waals surface area (Å²) in [6.07, 6.45) is 2.04. The van der Waals surface area contributed by atoms with E-state index in [1.165, 1.54) is 6.20 Å². The SMILES string of the molecule is N#Cc1[nH]ncc1-c1nc(Cc2ccccc2Br)no1.